The number of amides is 2. The fourth-order valence-electron chi connectivity index (χ4n) is 1.80. The second-order valence-corrected chi connectivity index (χ2v) is 4.42. The zero-order valence-electron chi connectivity index (χ0n) is 11.4. The van der Waals surface area contributed by atoms with Gasteiger partial charge in [-0.3, -0.25) is 9.59 Å². The number of hydrogen-bond donors (Lipinski definition) is 2. The highest BCUT2D eigenvalue weighted by atomic mass is 16.5. The van der Waals surface area contributed by atoms with Crippen LogP contribution in [0.15, 0.2) is 54.6 Å². The highest BCUT2D eigenvalue weighted by Crippen LogP contribution is 2.17. The standard InChI is InChI=1S/C16H16N2O3/c17-15(19)11-21-14-9-5-4-8-13(14)16(20)18-10-12-6-2-1-3-7-12/h1-9H,10-11H2,(H2,17,19)(H,18,20). The highest BCUT2D eigenvalue weighted by Gasteiger charge is 2.12. The number of carbonyl (C=O) groups is 2. The first-order valence-electron chi connectivity index (χ1n) is 6.49. The van der Waals surface area contributed by atoms with Gasteiger partial charge < -0.3 is 15.8 Å². The first-order valence-corrected chi connectivity index (χ1v) is 6.49. The van der Waals surface area contributed by atoms with Gasteiger partial charge in [-0.2, -0.15) is 0 Å². The summed E-state index contributed by atoms with van der Waals surface area (Å²) in [5.74, 6) is -0.518. The predicted octanol–water partition coefficient (Wildman–Crippen LogP) is 1.48. The molecule has 0 unspecified atom stereocenters. The molecule has 108 valence electrons. The van der Waals surface area contributed by atoms with Gasteiger partial charge >= 0.3 is 0 Å². The summed E-state index contributed by atoms with van der Waals surface area (Å²) < 4.78 is 5.24. The molecule has 3 N–H and O–H groups in total. The van der Waals surface area contributed by atoms with Gasteiger partial charge in [0.25, 0.3) is 11.8 Å². The molecular formula is C16H16N2O3. The lowest BCUT2D eigenvalue weighted by atomic mass is 10.1. The van der Waals surface area contributed by atoms with Crippen molar-refractivity contribution in [3.63, 3.8) is 0 Å². The van der Waals surface area contributed by atoms with Gasteiger partial charge in [0, 0.05) is 6.54 Å². The first kappa shape index (κ1) is 14.6. The van der Waals surface area contributed by atoms with Gasteiger partial charge in [-0.1, -0.05) is 42.5 Å². The van der Waals surface area contributed by atoms with E-state index in [1.54, 1.807) is 24.3 Å². The Bertz CT molecular complexity index is 626. The Morgan fingerprint density at radius 1 is 1.00 bits per heavy atom. The van der Waals surface area contributed by atoms with E-state index in [0.717, 1.165) is 5.56 Å². The van der Waals surface area contributed by atoms with Gasteiger partial charge in [-0.05, 0) is 17.7 Å². The number of ether oxygens (including phenoxy) is 1. The van der Waals surface area contributed by atoms with Gasteiger partial charge in [-0.15, -0.1) is 0 Å². The van der Waals surface area contributed by atoms with Crippen molar-refractivity contribution in [1.29, 1.82) is 0 Å². The quantitative estimate of drug-likeness (QED) is 0.843. The van der Waals surface area contributed by atoms with Crippen LogP contribution in [-0.2, 0) is 11.3 Å². The lowest BCUT2D eigenvalue weighted by molar-refractivity contribution is -0.119. The van der Waals surface area contributed by atoms with E-state index in [9.17, 15) is 9.59 Å². The van der Waals surface area contributed by atoms with Crippen LogP contribution in [0.1, 0.15) is 15.9 Å². The van der Waals surface area contributed by atoms with Crippen LogP contribution in [-0.4, -0.2) is 18.4 Å². The number of para-hydroxylation sites is 1. The third-order valence-electron chi connectivity index (χ3n) is 2.80. The van der Waals surface area contributed by atoms with E-state index in [0.29, 0.717) is 17.9 Å². The lowest BCUT2D eigenvalue weighted by Gasteiger charge is -2.10. The first-order chi connectivity index (χ1) is 10.2. The molecule has 21 heavy (non-hydrogen) atoms. The van der Waals surface area contributed by atoms with Gasteiger partial charge in [0.05, 0.1) is 5.56 Å². The Morgan fingerprint density at radius 2 is 1.67 bits per heavy atom. The Labute approximate surface area is 122 Å². The van der Waals surface area contributed by atoms with E-state index in [1.165, 1.54) is 0 Å². The number of primary amides is 1. The third-order valence-corrected chi connectivity index (χ3v) is 2.80. The maximum atomic E-state index is 12.2. The molecular weight excluding hydrogens is 268 g/mol. The molecule has 0 aliphatic heterocycles. The molecule has 0 heterocycles. The van der Waals surface area contributed by atoms with Crippen LogP contribution >= 0.6 is 0 Å². The molecule has 0 atom stereocenters. The van der Waals surface area contributed by atoms with Crippen LogP contribution in [0.5, 0.6) is 5.75 Å². The Balaban J connectivity index is 2.03. The fraction of sp³-hybridized carbons (Fsp3) is 0.125. The minimum atomic E-state index is -0.588. The molecule has 2 rings (SSSR count). The Hall–Kier alpha value is -2.82. The molecule has 0 spiro atoms. The molecule has 0 aromatic heterocycles. The molecule has 0 aliphatic rings. The maximum absolute atomic E-state index is 12.2. The zero-order valence-corrected chi connectivity index (χ0v) is 11.4. The molecule has 0 radical (unpaired) electrons. The molecule has 2 aromatic carbocycles. The van der Waals surface area contributed by atoms with Crippen molar-refractivity contribution in [3.05, 3.63) is 65.7 Å². The van der Waals surface area contributed by atoms with Crippen molar-refractivity contribution < 1.29 is 14.3 Å². The molecule has 5 heteroatoms. The summed E-state index contributed by atoms with van der Waals surface area (Å²) in [6.45, 7) is 0.160. The van der Waals surface area contributed by atoms with E-state index in [4.69, 9.17) is 10.5 Å². The molecule has 0 bridgehead atoms. The van der Waals surface area contributed by atoms with Gasteiger partial charge in [0.2, 0.25) is 0 Å². The van der Waals surface area contributed by atoms with Crippen molar-refractivity contribution in [3.8, 4) is 5.75 Å². The van der Waals surface area contributed by atoms with Crippen molar-refractivity contribution in [1.82, 2.24) is 5.32 Å². The maximum Gasteiger partial charge on any atom is 0.255 e. The molecule has 2 aromatic rings. The van der Waals surface area contributed by atoms with Crippen molar-refractivity contribution >= 4 is 11.8 Å². The van der Waals surface area contributed by atoms with Gasteiger partial charge in [0.1, 0.15) is 5.75 Å². The Morgan fingerprint density at radius 3 is 2.38 bits per heavy atom. The number of hydrogen-bond acceptors (Lipinski definition) is 3. The van der Waals surface area contributed by atoms with Crippen LogP contribution in [0.25, 0.3) is 0 Å². The van der Waals surface area contributed by atoms with Crippen LogP contribution in [0.2, 0.25) is 0 Å². The largest absolute Gasteiger partial charge is 0.483 e. The molecule has 0 saturated carbocycles. The van der Waals surface area contributed by atoms with Crippen molar-refractivity contribution in [2.45, 2.75) is 6.54 Å². The SMILES string of the molecule is NC(=O)COc1ccccc1C(=O)NCc1ccccc1. The number of nitrogens with two attached hydrogens (primary N) is 1. The second-order valence-electron chi connectivity index (χ2n) is 4.42. The average molecular weight is 284 g/mol. The summed E-state index contributed by atoms with van der Waals surface area (Å²) >= 11 is 0. The van der Waals surface area contributed by atoms with E-state index in [-0.39, 0.29) is 12.5 Å². The summed E-state index contributed by atoms with van der Waals surface area (Å²) in [6, 6.07) is 16.3. The lowest BCUT2D eigenvalue weighted by Crippen LogP contribution is -2.25. The van der Waals surface area contributed by atoms with Crippen molar-refractivity contribution in [2.24, 2.45) is 5.73 Å². The zero-order chi connectivity index (χ0) is 15.1. The topological polar surface area (TPSA) is 81.4 Å². The van der Waals surface area contributed by atoms with Crippen LogP contribution in [0.4, 0.5) is 0 Å². The average Bonchev–Trinajstić information content (AvgIpc) is 2.52. The number of rotatable bonds is 6. The van der Waals surface area contributed by atoms with Crippen LogP contribution < -0.4 is 15.8 Å². The number of benzene rings is 2. The smallest absolute Gasteiger partial charge is 0.255 e. The van der Waals surface area contributed by atoms with E-state index >= 15 is 0 Å². The Kier molecular flexibility index (Phi) is 4.93. The van der Waals surface area contributed by atoms with Crippen LogP contribution in [0, 0.1) is 0 Å². The van der Waals surface area contributed by atoms with E-state index < -0.39 is 5.91 Å². The van der Waals surface area contributed by atoms with E-state index in [1.807, 2.05) is 30.3 Å². The number of nitrogens with one attached hydrogen (secondary N) is 1. The molecule has 2 amide bonds. The number of carbonyl (C=O) groups excluding carboxylic acids is 2. The van der Waals surface area contributed by atoms with Gasteiger partial charge in [-0.25, -0.2) is 0 Å². The normalized spacial score (nSPS) is 9.90. The van der Waals surface area contributed by atoms with Crippen LogP contribution in [0.3, 0.4) is 0 Å². The molecule has 0 fully saturated rings. The minimum Gasteiger partial charge on any atom is -0.483 e. The minimum absolute atomic E-state index is 0.261. The summed E-state index contributed by atoms with van der Waals surface area (Å²) in [5, 5.41) is 2.81. The molecule has 0 saturated heterocycles. The molecule has 0 aliphatic carbocycles. The fourth-order valence-corrected chi connectivity index (χ4v) is 1.80. The molecule has 5 nitrogen and oxygen atoms in total. The summed E-state index contributed by atoms with van der Waals surface area (Å²) in [7, 11) is 0. The van der Waals surface area contributed by atoms with Gasteiger partial charge in [0.15, 0.2) is 6.61 Å². The third kappa shape index (κ3) is 4.35. The second kappa shape index (κ2) is 7.09. The monoisotopic (exact) mass is 284 g/mol. The predicted molar refractivity (Wildman–Crippen MR) is 78.7 cm³/mol. The van der Waals surface area contributed by atoms with Crippen molar-refractivity contribution in [2.75, 3.05) is 6.61 Å². The summed E-state index contributed by atoms with van der Waals surface area (Å²) in [5.41, 5.74) is 6.41. The summed E-state index contributed by atoms with van der Waals surface area (Å²) in [6.07, 6.45) is 0. The van der Waals surface area contributed by atoms with E-state index in [2.05, 4.69) is 5.32 Å². The summed E-state index contributed by atoms with van der Waals surface area (Å²) in [4.78, 5) is 22.9. The highest BCUT2D eigenvalue weighted by molar-refractivity contribution is 5.97.